The van der Waals surface area contributed by atoms with Gasteiger partial charge >= 0.3 is 6.09 Å². The standard InChI is InChI=1S/C26H34N2O11/c29-13-17(30)19(31)22(34)24(35)27-12-18-20(32)21(33)23(26(37,39-18)11-15-7-3-1-4-8-15)28-25(36)38-14-16-9-5-2-6-10-16/h1-10,17-23,29-34,37H,11-14H2,(H,27,35)(H,28,36)/t17-,18-,19-,20-,21+,22-,23-,26+/m1/s1. The zero-order chi connectivity index (χ0) is 28.6. The van der Waals surface area contributed by atoms with Crippen molar-refractivity contribution in [1.29, 1.82) is 0 Å². The first-order valence-electron chi connectivity index (χ1n) is 12.3. The second-order valence-electron chi connectivity index (χ2n) is 9.26. The van der Waals surface area contributed by atoms with Gasteiger partial charge in [0, 0.05) is 13.0 Å². The Morgan fingerprint density at radius 2 is 1.54 bits per heavy atom. The number of carbonyl (C=O) groups excluding carboxylic acids is 2. The highest BCUT2D eigenvalue weighted by Crippen LogP contribution is 2.31. The third-order valence-corrected chi connectivity index (χ3v) is 6.35. The van der Waals surface area contributed by atoms with E-state index in [9.17, 15) is 40.2 Å². The second-order valence-corrected chi connectivity index (χ2v) is 9.26. The van der Waals surface area contributed by atoms with Crippen molar-refractivity contribution in [3.05, 3.63) is 71.8 Å². The van der Waals surface area contributed by atoms with Gasteiger partial charge in [0.2, 0.25) is 0 Å². The first kappa shape index (κ1) is 30.4. The van der Waals surface area contributed by atoms with E-state index in [2.05, 4.69) is 10.6 Å². The van der Waals surface area contributed by atoms with Gasteiger partial charge in [-0.05, 0) is 11.1 Å². The number of alkyl carbamates (subject to hydrolysis) is 1. The summed E-state index contributed by atoms with van der Waals surface area (Å²) in [6.45, 7) is -1.54. The molecule has 214 valence electrons. The molecule has 39 heavy (non-hydrogen) atoms. The van der Waals surface area contributed by atoms with Crippen molar-refractivity contribution in [2.45, 2.75) is 61.5 Å². The highest BCUT2D eigenvalue weighted by atomic mass is 16.6. The average molecular weight is 551 g/mol. The minimum Gasteiger partial charge on any atom is -0.445 e. The van der Waals surface area contributed by atoms with Crippen molar-refractivity contribution < 1.29 is 54.8 Å². The number of rotatable bonds is 11. The number of hydrogen-bond acceptors (Lipinski definition) is 11. The highest BCUT2D eigenvalue weighted by Gasteiger charge is 2.54. The van der Waals surface area contributed by atoms with Crippen LogP contribution < -0.4 is 10.6 Å². The number of carbonyl (C=O) groups is 2. The summed E-state index contributed by atoms with van der Waals surface area (Å²) in [5.74, 6) is -3.46. The van der Waals surface area contributed by atoms with Crippen LogP contribution in [0.15, 0.2) is 60.7 Å². The topological polar surface area (TPSA) is 218 Å². The minimum atomic E-state index is -2.29. The van der Waals surface area contributed by atoms with Crippen LogP contribution in [0.1, 0.15) is 11.1 Å². The van der Waals surface area contributed by atoms with Crippen LogP contribution in [0.3, 0.4) is 0 Å². The zero-order valence-corrected chi connectivity index (χ0v) is 20.9. The molecular weight excluding hydrogens is 516 g/mol. The smallest absolute Gasteiger partial charge is 0.407 e. The number of hydrogen-bond donors (Lipinski definition) is 9. The molecule has 0 aliphatic carbocycles. The van der Waals surface area contributed by atoms with E-state index < -0.39 is 73.6 Å². The van der Waals surface area contributed by atoms with Gasteiger partial charge < -0.3 is 55.9 Å². The van der Waals surface area contributed by atoms with Crippen molar-refractivity contribution in [3.8, 4) is 0 Å². The lowest BCUT2D eigenvalue weighted by molar-refractivity contribution is -0.311. The number of amides is 2. The van der Waals surface area contributed by atoms with E-state index in [0.29, 0.717) is 11.1 Å². The summed E-state index contributed by atoms with van der Waals surface area (Å²) in [4.78, 5) is 24.8. The number of aliphatic hydroxyl groups excluding tert-OH is 6. The third kappa shape index (κ3) is 7.94. The van der Waals surface area contributed by atoms with Crippen molar-refractivity contribution in [2.75, 3.05) is 13.2 Å². The monoisotopic (exact) mass is 550 g/mol. The predicted molar refractivity (Wildman–Crippen MR) is 134 cm³/mol. The highest BCUT2D eigenvalue weighted by molar-refractivity contribution is 5.81. The number of nitrogens with one attached hydrogen (secondary N) is 2. The Kier molecular flexibility index (Phi) is 10.7. The first-order chi connectivity index (χ1) is 18.6. The Morgan fingerprint density at radius 3 is 2.13 bits per heavy atom. The molecule has 0 unspecified atom stereocenters. The van der Waals surface area contributed by atoms with Crippen LogP contribution in [0.5, 0.6) is 0 Å². The summed E-state index contributed by atoms with van der Waals surface area (Å²) in [6.07, 6.45) is -12.1. The zero-order valence-electron chi connectivity index (χ0n) is 20.9. The van der Waals surface area contributed by atoms with E-state index in [1.165, 1.54) is 0 Å². The summed E-state index contributed by atoms with van der Waals surface area (Å²) in [5, 5.41) is 75.6. The van der Waals surface area contributed by atoms with Crippen molar-refractivity contribution >= 4 is 12.0 Å². The predicted octanol–water partition coefficient (Wildman–Crippen LogP) is -2.48. The van der Waals surface area contributed by atoms with E-state index in [-0.39, 0.29) is 13.0 Å². The van der Waals surface area contributed by atoms with Crippen LogP contribution in [0.25, 0.3) is 0 Å². The Hall–Kier alpha value is -3.14. The molecule has 1 aliphatic rings. The molecule has 1 fully saturated rings. The average Bonchev–Trinajstić information content (AvgIpc) is 2.95. The Labute approximate surface area is 224 Å². The lowest BCUT2D eigenvalue weighted by Crippen LogP contribution is -2.71. The molecule has 13 heteroatoms. The Morgan fingerprint density at radius 1 is 0.949 bits per heavy atom. The minimum absolute atomic E-state index is 0.0934. The Bertz CT molecular complexity index is 1060. The maximum atomic E-state index is 12.6. The van der Waals surface area contributed by atoms with Gasteiger partial charge in [0.25, 0.3) is 5.91 Å². The molecule has 1 heterocycles. The molecule has 1 saturated heterocycles. The number of ether oxygens (including phenoxy) is 2. The van der Waals surface area contributed by atoms with Gasteiger partial charge in [-0.3, -0.25) is 4.79 Å². The summed E-state index contributed by atoms with van der Waals surface area (Å²) in [6, 6.07) is 15.7. The summed E-state index contributed by atoms with van der Waals surface area (Å²) in [7, 11) is 0. The SMILES string of the molecule is O=C(N[C@@H]1[C@@H](O)[C@H](O)[C@@H](CNC(=O)[C@H](O)[C@H](O)[C@H](O)CO)O[C@@]1(O)Cc1ccccc1)OCc1ccccc1. The Balaban J connectivity index is 1.73. The van der Waals surface area contributed by atoms with Gasteiger partial charge in [0.15, 0.2) is 11.9 Å². The molecule has 0 radical (unpaired) electrons. The fraction of sp³-hybridized carbons (Fsp3) is 0.462. The molecule has 3 rings (SSSR count). The normalized spacial score (nSPS) is 27.2. The molecule has 0 bridgehead atoms. The number of aliphatic hydroxyl groups is 7. The first-order valence-corrected chi connectivity index (χ1v) is 12.3. The fourth-order valence-corrected chi connectivity index (χ4v) is 4.16. The third-order valence-electron chi connectivity index (χ3n) is 6.35. The molecule has 0 spiro atoms. The van der Waals surface area contributed by atoms with E-state index >= 15 is 0 Å². The molecule has 0 saturated carbocycles. The van der Waals surface area contributed by atoms with Crippen molar-refractivity contribution in [2.24, 2.45) is 0 Å². The molecule has 1 aliphatic heterocycles. The van der Waals surface area contributed by atoms with E-state index in [1.54, 1.807) is 60.7 Å². The summed E-state index contributed by atoms with van der Waals surface area (Å²) >= 11 is 0. The molecule has 2 aromatic rings. The molecule has 13 nitrogen and oxygen atoms in total. The van der Waals surface area contributed by atoms with Gasteiger partial charge in [-0.25, -0.2) is 4.79 Å². The lowest BCUT2D eigenvalue weighted by Gasteiger charge is -2.48. The summed E-state index contributed by atoms with van der Waals surface area (Å²) < 4.78 is 10.9. The van der Waals surface area contributed by atoms with Crippen LogP contribution in [0.4, 0.5) is 4.79 Å². The van der Waals surface area contributed by atoms with E-state index in [1.807, 2.05) is 0 Å². The van der Waals surface area contributed by atoms with Crippen molar-refractivity contribution in [3.63, 3.8) is 0 Å². The summed E-state index contributed by atoms with van der Waals surface area (Å²) in [5.41, 5.74) is 1.26. The molecular formula is C26H34N2O11. The molecule has 9 N–H and O–H groups in total. The van der Waals surface area contributed by atoms with E-state index in [4.69, 9.17) is 14.6 Å². The van der Waals surface area contributed by atoms with Gasteiger partial charge in [0.05, 0.1) is 6.61 Å². The molecule has 8 atom stereocenters. The molecule has 0 aromatic heterocycles. The van der Waals surface area contributed by atoms with Crippen LogP contribution >= 0.6 is 0 Å². The lowest BCUT2D eigenvalue weighted by atomic mass is 9.86. The van der Waals surface area contributed by atoms with Gasteiger partial charge in [-0.1, -0.05) is 60.7 Å². The molecule has 2 amide bonds. The van der Waals surface area contributed by atoms with Gasteiger partial charge in [-0.2, -0.15) is 0 Å². The maximum absolute atomic E-state index is 12.6. The second kappa shape index (κ2) is 13.8. The maximum Gasteiger partial charge on any atom is 0.407 e. The van der Waals surface area contributed by atoms with Crippen LogP contribution in [-0.4, -0.2) is 109 Å². The quantitative estimate of drug-likeness (QED) is 0.143. The number of benzene rings is 2. The van der Waals surface area contributed by atoms with Gasteiger partial charge in [-0.15, -0.1) is 0 Å². The fourth-order valence-electron chi connectivity index (χ4n) is 4.16. The van der Waals surface area contributed by atoms with Crippen LogP contribution in [-0.2, 0) is 27.3 Å². The van der Waals surface area contributed by atoms with Crippen molar-refractivity contribution in [1.82, 2.24) is 10.6 Å². The van der Waals surface area contributed by atoms with Crippen LogP contribution in [0, 0.1) is 0 Å². The molecule has 2 aromatic carbocycles. The van der Waals surface area contributed by atoms with Gasteiger partial charge in [0.1, 0.15) is 43.2 Å². The largest absolute Gasteiger partial charge is 0.445 e. The van der Waals surface area contributed by atoms with E-state index in [0.717, 1.165) is 0 Å². The van der Waals surface area contributed by atoms with Crippen LogP contribution in [0.2, 0.25) is 0 Å².